The lowest BCUT2D eigenvalue weighted by Gasteiger charge is -2.15. The van der Waals surface area contributed by atoms with Crippen LogP contribution in [0.2, 0.25) is 5.02 Å². The molecule has 3 nitrogen and oxygen atoms in total. The van der Waals surface area contributed by atoms with Crippen molar-refractivity contribution in [2.45, 2.75) is 26.9 Å². The molecule has 0 unspecified atom stereocenters. The van der Waals surface area contributed by atoms with Gasteiger partial charge in [0.25, 0.3) is 0 Å². The quantitative estimate of drug-likeness (QED) is 0.866. The summed E-state index contributed by atoms with van der Waals surface area (Å²) in [5.74, 6) is -0.391. The number of halogens is 1. The average Bonchev–Trinajstić information content (AvgIpc) is 2.10. The van der Waals surface area contributed by atoms with Gasteiger partial charge >= 0.3 is 5.97 Å². The Morgan fingerprint density at radius 2 is 1.87 bits per heavy atom. The fourth-order valence-electron chi connectivity index (χ4n) is 1.31. The van der Waals surface area contributed by atoms with Crippen LogP contribution in [0.4, 0.5) is 0 Å². The molecule has 0 saturated carbocycles. The number of hydrogen-bond acceptors (Lipinski definition) is 2. The lowest BCUT2D eigenvalue weighted by Crippen LogP contribution is -2.23. The van der Waals surface area contributed by atoms with E-state index in [1.807, 2.05) is 13.8 Å². The van der Waals surface area contributed by atoms with Crippen LogP contribution in [0.25, 0.3) is 0 Å². The maximum absolute atomic E-state index is 10.6. The summed E-state index contributed by atoms with van der Waals surface area (Å²) in [4.78, 5) is 10.6. The van der Waals surface area contributed by atoms with Crippen molar-refractivity contribution in [1.29, 1.82) is 0 Å². The molecular weight excluding hydrogens is 216 g/mol. The van der Waals surface area contributed by atoms with Crippen molar-refractivity contribution in [2.75, 3.05) is 0 Å². The highest BCUT2D eigenvalue weighted by Gasteiger charge is 2.15. The summed E-state index contributed by atoms with van der Waals surface area (Å²) in [6.45, 7) is 5.17. The van der Waals surface area contributed by atoms with Crippen LogP contribution in [-0.2, 0) is 4.79 Å². The number of carbonyl (C=O) groups is 1. The minimum Gasteiger partial charge on any atom is -0.479 e. The van der Waals surface area contributed by atoms with Crippen molar-refractivity contribution in [3.8, 4) is 5.75 Å². The van der Waals surface area contributed by atoms with Crippen LogP contribution >= 0.6 is 11.6 Å². The van der Waals surface area contributed by atoms with Crippen molar-refractivity contribution in [2.24, 2.45) is 0 Å². The summed E-state index contributed by atoms with van der Waals surface area (Å²) in [5, 5.41) is 9.35. The van der Waals surface area contributed by atoms with Crippen molar-refractivity contribution in [1.82, 2.24) is 0 Å². The highest BCUT2D eigenvalue weighted by Crippen LogP contribution is 2.27. The molecule has 82 valence electrons. The van der Waals surface area contributed by atoms with E-state index < -0.39 is 12.1 Å². The van der Waals surface area contributed by atoms with Crippen molar-refractivity contribution in [3.63, 3.8) is 0 Å². The SMILES string of the molecule is Cc1cc(Cl)cc(C)c1O[C@H](C)C(=O)O. The molecule has 0 aromatic heterocycles. The number of carboxylic acids is 1. The Labute approximate surface area is 93.6 Å². The zero-order valence-electron chi connectivity index (χ0n) is 8.87. The number of hydrogen-bond donors (Lipinski definition) is 1. The molecule has 0 saturated heterocycles. The molecule has 0 fully saturated rings. The molecule has 1 rings (SSSR count). The van der Waals surface area contributed by atoms with E-state index >= 15 is 0 Å². The van der Waals surface area contributed by atoms with Gasteiger partial charge in [-0.15, -0.1) is 0 Å². The molecule has 15 heavy (non-hydrogen) atoms. The maximum Gasteiger partial charge on any atom is 0.344 e. The summed E-state index contributed by atoms with van der Waals surface area (Å²) in [6.07, 6.45) is -0.858. The van der Waals surface area contributed by atoms with Gasteiger partial charge in [-0.2, -0.15) is 0 Å². The van der Waals surface area contributed by atoms with Crippen LogP contribution in [0.1, 0.15) is 18.1 Å². The predicted molar refractivity (Wildman–Crippen MR) is 58.7 cm³/mol. The van der Waals surface area contributed by atoms with Gasteiger partial charge in [-0.05, 0) is 44.0 Å². The van der Waals surface area contributed by atoms with Crippen LogP contribution in [0.3, 0.4) is 0 Å². The Morgan fingerprint density at radius 3 is 2.27 bits per heavy atom. The third kappa shape index (κ3) is 2.86. The van der Waals surface area contributed by atoms with Gasteiger partial charge < -0.3 is 9.84 Å². The van der Waals surface area contributed by atoms with Crippen LogP contribution in [0.5, 0.6) is 5.75 Å². The number of carboxylic acid groups (broad SMARTS) is 1. The Balaban J connectivity index is 3.00. The fourth-order valence-corrected chi connectivity index (χ4v) is 1.64. The summed E-state index contributed by atoms with van der Waals surface area (Å²) in [7, 11) is 0. The predicted octanol–water partition coefficient (Wildman–Crippen LogP) is 2.81. The summed E-state index contributed by atoms with van der Waals surface area (Å²) < 4.78 is 5.33. The third-order valence-corrected chi connectivity index (χ3v) is 2.29. The van der Waals surface area contributed by atoms with E-state index in [1.165, 1.54) is 6.92 Å². The first-order valence-corrected chi connectivity index (χ1v) is 4.96. The Morgan fingerprint density at radius 1 is 1.40 bits per heavy atom. The smallest absolute Gasteiger partial charge is 0.344 e. The van der Waals surface area contributed by atoms with E-state index in [0.29, 0.717) is 10.8 Å². The fraction of sp³-hybridized carbons (Fsp3) is 0.364. The molecule has 1 aromatic carbocycles. The first kappa shape index (κ1) is 11.9. The van der Waals surface area contributed by atoms with E-state index in [9.17, 15) is 4.79 Å². The number of rotatable bonds is 3. The van der Waals surface area contributed by atoms with E-state index in [2.05, 4.69) is 0 Å². The largest absolute Gasteiger partial charge is 0.479 e. The molecule has 1 atom stereocenters. The van der Waals surface area contributed by atoms with Gasteiger partial charge in [-0.1, -0.05) is 11.6 Å². The Bertz CT molecular complexity index is 364. The number of ether oxygens (including phenoxy) is 1. The van der Waals surface area contributed by atoms with Gasteiger partial charge in [0.2, 0.25) is 0 Å². The number of benzene rings is 1. The Hall–Kier alpha value is -1.22. The van der Waals surface area contributed by atoms with Gasteiger partial charge in [0.1, 0.15) is 5.75 Å². The first-order chi connectivity index (χ1) is 6.91. The normalized spacial score (nSPS) is 12.3. The van der Waals surface area contributed by atoms with Crippen LogP contribution < -0.4 is 4.74 Å². The molecule has 4 heteroatoms. The summed E-state index contributed by atoms with van der Waals surface area (Å²) in [5.41, 5.74) is 1.68. The zero-order chi connectivity index (χ0) is 11.6. The number of aliphatic carboxylic acids is 1. The molecule has 0 radical (unpaired) electrons. The van der Waals surface area contributed by atoms with Crippen molar-refractivity contribution >= 4 is 17.6 Å². The lowest BCUT2D eigenvalue weighted by molar-refractivity contribution is -0.144. The summed E-state index contributed by atoms with van der Waals surface area (Å²) in [6, 6.07) is 3.50. The molecule has 0 bridgehead atoms. The minimum absolute atomic E-state index is 0.592. The molecular formula is C11H13ClO3. The molecule has 0 aliphatic carbocycles. The van der Waals surface area contributed by atoms with Crippen LogP contribution in [0.15, 0.2) is 12.1 Å². The first-order valence-electron chi connectivity index (χ1n) is 4.58. The van der Waals surface area contributed by atoms with Crippen molar-refractivity contribution < 1.29 is 14.6 Å². The molecule has 1 aromatic rings. The van der Waals surface area contributed by atoms with Gasteiger partial charge in [-0.3, -0.25) is 0 Å². The highest BCUT2D eigenvalue weighted by atomic mass is 35.5. The lowest BCUT2D eigenvalue weighted by atomic mass is 10.1. The molecule has 0 heterocycles. The molecule has 0 spiro atoms. The molecule has 0 aliphatic heterocycles. The second-order valence-corrected chi connectivity index (χ2v) is 3.90. The number of aryl methyl sites for hydroxylation is 2. The highest BCUT2D eigenvalue weighted by molar-refractivity contribution is 6.30. The van der Waals surface area contributed by atoms with Gasteiger partial charge in [-0.25, -0.2) is 4.79 Å². The monoisotopic (exact) mass is 228 g/mol. The van der Waals surface area contributed by atoms with Crippen molar-refractivity contribution in [3.05, 3.63) is 28.3 Å². The standard InChI is InChI=1S/C11H13ClO3/c1-6-4-9(12)5-7(2)10(6)15-8(3)11(13)14/h4-5,8H,1-3H3,(H,13,14)/t8-/m1/s1. The van der Waals surface area contributed by atoms with Crippen LogP contribution in [0, 0.1) is 13.8 Å². The summed E-state index contributed by atoms with van der Waals surface area (Å²) >= 11 is 5.85. The van der Waals surface area contributed by atoms with Crippen LogP contribution in [-0.4, -0.2) is 17.2 Å². The second-order valence-electron chi connectivity index (χ2n) is 3.47. The minimum atomic E-state index is -0.983. The topological polar surface area (TPSA) is 46.5 Å². The van der Waals surface area contributed by atoms with Gasteiger partial charge in [0.05, 0.1) is 0 Å². The second kappa shape index (κ2) is 4.53. The average molecular weight is 229 g/mol. The van der Waals surface area contributed by atoms with Gasteiger partial charge in [0, 0.05) is 5.02 Å². The van der Waals surface area contributed by atoms with E-state index in [1.54, 1.807) is 12.1 Å². The van der Waals surface area contributed by atoms with Gasteiger partial charge in [0.15, 0.2) is 6.10 Å². The Kier molecular flexibility index (Phi) is 3.58. The molecule has 1 N–H and O–H groups in total. The third-order valence-electron chi connectivity index (χ3n) is 2.07. The zero-order valence-corrected chi connectivity index (χ0v) is 9.63. The van der Waals surface area contributed by atoms with E-state index in [0.717, 1.165) is 11.1 Å². The molecule has 0 aliphatic rings. The maximum atomic E-state index is 10.6. The van der Waals surface area contributed by atoms with E-state index in [4.69, 9.17) is 21.4 Å². The van der Waals surface area contributed by atoms with E-state index in [-0.39, 0.29) is 0 Å². The molecule has 0 amide bonds.